The van der Waals surface area contributed by atoms with Crippen LogP contribution in [0.5, 0.6) is 0 Å². The number of benzene rings is 1. The monoisotopic (exact) mass is 223 g/mol. The minimum absolute atomic E-state index is 0. The quantitative estimate of drug-likeness (QED) is 0.575. The van der Waals surface area contributed by atoms with E-state index in [1.54, 1.807) is 0 Å². The third kappa shape index (κ3) is 2.96. The fourth-order valence-corrected chi connectivity index (χ4v) is 1.46. The van der Waals surface area contributed by atoms with Crippen molar-refractivity contribution in [1.29, 1.82) is 0 Å². The van der Waals surface area contributed by atoms with Crippen molar-refractivity contribution in [1.82, 2.24) is 15.2 Å². The molecule has 1 atom stereocenters. The standard InChI is InChI=1S/C11H11N3O2.Li/c1-7(8-5-3-2-4-6-8)9-12-10(11(15)16)14-13-9;/h2-7H,1H3,(H,15,16)(H,12,13,14);/q;+1/p-1. The number of carbonyl (C=O) groups is 1. The number of carboxylic acids is 1. The number of carboxylic acid groups (broad SMARTS) is 1. The number of carbonyl (C=O) groups excluding carboxylic acids is 1. The predicted molar refractivity (Wildman–Crippen MR) is 54.7 cm³/mol. The van der Waals surface area contributed by atoms with Crippen molar-refractivity contribution in [3.8, 4) is 0 Å². The van der Waals surface area contributed by atoms with E-state index in [4.69, 9.17) is 0 Å². The van der Waals surface area contributed by atoms with E-state index in [2.05, 4.69) is 15.2 Å². The molecular formula is C11H10LiN3O2. The van der Waals surface area contributed by atoms with Gasteiger partial charge in [0.2, 0.25) is 0 Å². The Morgan fingerprint density at radius 2 is 2.00 bits per heavy atom. The first-order valence-corrected chi connectivity index (χ1v) is 4.87. The molecule has 1 aromatic carbocycles. The number of aromatic carboxylic acids is 1. The Kier molecular flexibility index (Phi) is 4.50. The van der Waals surface area contributed by atoms with E-state index in [-0.39, 0.29) is 30.6 Å². The fourth-order valence-electron chi connectivity index (χ4n) is 1.46. The molecule has 6 heteroatoms. The van der Waals surface area contributed by atoms with Crippen molar-refractivity contribution in [3.05, 3.63) is 47.5 Å². The molecule has 0 aliphatic heterocycles. The molecule has 5 nitrogen and oxygen atoms in total. The molecule has 0 spiro atoms. The molecule has 1 unspecified atom stereocenters. The first-order chi connectivity index (χ1) is 7.68. The van der Waals surface area contributed by atoms with Crippen molar-refractivity contribution in [2.75, 3.05) is 0 Å². The van der Waals surface area contributed by atoms with E-state index in [1.807, 2.05) is 37.3 Å². The summed E-state index contributed by atoms with van der Waals surface area (Å²) in [5, 5.41) is 16.7. The first kappa shape index (κ1) is 13.5. The van der Waals surface area contributed by atoms with Crippen molar-refractivity contribution in [2.45, 2.75) is 12.8 Å². The number of aromatic nitrogens is 3. The number of hydrogen-bond acceptors (Lipinski definition) is 4. The van der Waals surface area contributed by atoms with Crippen LogP contribution in [-0.4, -0.2) is 21.2 Å². The number of rotatable bonds is 3. The summed E-state index contributed by atoms with van der Waals surface area (Å²) in [4.78, 5) is 14.4. The molecule has 0 saturated carbocycles. The fraction of sp³-hybridized carbons (Fsp3) is 0.182. The summed E-state index contributed by atoms with van der Waals surface area (Å²) in [6.45, 7) is 1.93. The van der Waals surface area contributed by atoms with Gasteiger partial charge in [-0.25, -0.2) is 4.98 Å². The van der Waals surface area contributed by atoms with E-state index in [9.17, 15) is 9.90 Å². The largest absolute Gasteiger partial charge is 1.00 e. The zero-order chi connectivity index (χ0) is 11.5. The van der Waals surface area contributed by atoms with Crippen molar-refractivity contribution >= 4 is 5.97 Å². The van der Waals surface area contributed by atoms with Crippen LogP contribution in [-0.2, 0) is 0 Å². The molecule has 0 saturated heterocycles. The molecule has 0 bridgehead atoms. The molecule has 17 heavy (non-hydrogen) atoms. The maximum absolute atomic E-state index is 10.5. The second-order valence-electron chi connectivity index (χ2n) is 3.46. The van der Waals surface area contributed by atoms with Gasteiger partial charge in [-0.15, -0.1) is 0 Å². The van der Waals surface area contributed by atoms with Crippen molar-refractivity contribution in [3.63, 3.8) is 0 Å². The van der Waals surface area contributed by atoms with Gasteiger partial charge < -0.3 is 9.90 Å². The molecule has 82 valence electrons. The number of hydrogen-bond donors (Lipinski definition) is 1. The minimum atomic E-state index is -1.37. The van der Waals surface area contributed by atoms with Gasteiger partial charge in [0.1, 0.15) is 11.8 Å². The van der Waals surface area contributed by atoms with Gasteiger partial charge in [0, 0.05) is 5.92 Å². The SMILES string of the molecule is CC(c1ccccc1)c1nc(C(=O)[O-])n[nH]1.[Li+]. The second kappa shape index (κ2) is 5.67. The third-order valence-corrected chi connectivity index (χ3v) is 2.40. The average molecular weight is 223 g/mol. The normalized spacial score (nSPS) is 11.6. The van der Waals surface area contributed by atoms with Gasteiger partial charge in [-0.05, 0) is 5.56 Å². The summed E-state index contributed by atoms with van der Waals surface area (Å²) < 4.78 is 0. The number of aromatic amines is 1. The Labute approximate surface area is 110 Å². The maximum atomic E-state index is 10.5. The average Bonchev–Trinajstić information content (AvgIpc) is 2.78. The molecule has 1 heterocycles. The number of nitrogens with zero attached hydrogens (tertiary/aromatic N) is 2. The molecular weight excluding hydrogens is 213 g/mol. The molecule has 2 rings (SSSR count). The molecule has 1 aromatic heterocycles. The van der Waals surface area contributed by atoms with Crippen LogP contribution in [0, 0.1) is 0 Å². The van der Waals surface area contributed by atoms with Gasteiger partial charge in [-0.2, -0.15) is 5.10 Å². The minimum Gasteiger partial charge on any atom is -0.541 e. The Morgan fingerprint density at radius 3 is 2.53 bits per heavy atom. The van der Waals surface area contributed by atoms with Crippen LogP contribution in [0.3, 0.4) is 0 Å². The van der Waals surface area contributed by atoms with Crippen LogP contribution in [0.15, 0.2) is 30.3 Å². The van der Waals surface area contributed by atoms with E-state index in [1.165, 1.54) is 0 Å². The van der Waals surface area contributed by atoms with E-state index >= 15 is 0 Å². The predicted octanol–water partition coefficient (Wildman–Crippen LogP) is -2.68. The van der Waals surface area contributed by atoms with Gasteiger partial charge in [0.05, 0.1) is 0 Å². The van der Waals surface area contributed by atoms with E-state index in [0.717, 1.165) is 5.56 Å². The summed E-state index contributed by atoms with van der Waals surface area (Å²) in [6.07, 6.45) is 0. The van der Waals surface area contributed by atoms with Gasteiger partial charge in [-0.1, -0.05) is 37.3 Å². The van der Waals surface area contributed by atoms with Crippen LogP contribution < -0.4 is 24.0 Å². The van der Waals surface area contributed by atoms with Crippen LogP contribution in [0.1, 0.15) is 34.8 Å². The van der Waals surface area contributed by atoms with Gasteiger partial charge >= 0.3 is 18.9 Å². The van der Waals surface area contributed by atoms with E-state index < -0.39 is 5.97 Å². The Bertz CT molecular complexity index is 498. The van der Waals surface area contributed by atoms with Crippen LogP contribution in [0.25, 0.3) is 0 Å². The molecule has 2 aromatic rings. The molecule has 0 aliphatic carbocycles. The Balaban J connectivity index is 0.00000144. The van der Waals surface area contributed by atoms with Crippen molar-refractivity contribution in [2.24, 2.45) is 0 Å². The smallest absolute Gasteiger partial charge is 0.541 e. The third-order valence-electron chi connectivity index (χ3n) is 2.40. The molecule has 0 fully saturated rings. The zero-order valence-corrected chi connectivity index (χ0v) is 9.68. The van der Waals surface area contributed by atoms with Gasteiger partial charge in [-0.3, -0.25) is 5.10 Å². The zero-order valence-electron chi connectivity index (χ0n) is 9.68. The molecule has 0 amide bonds. The van der Waals surface area contributed by atoms with E-state index in [0.29, 0.717) is 5.82 Å². The summed E-state index contributed by atoms with van der Waals surface area (Å²) in [7, 11) is 0. The number of H-pyrrole nitrogens is 1. The van der Waals surface area contributed by atoms with Gasteiger partial charge in [0.25, 0.3) is 0 Å². The first-order valence-electron chi connectivity index (χ1n) is 4.87. The maximum Gasteiger partial charge on any atom is 1.00 e. The Morgan fingerprint density at radius 1 is 1.35 bits per heavy atom. The summed E-state index contributed by atoms with van der Waals surface area (Å²) in [5.74, 6) is -1.19. The number of nitrogens with one attached hydrogen (secondary N) is 1. The summed E-state index contributed by atoms with van der Waals surface area (Å²) >= 11 is 0. The Hall–Kier alpha value is -1.57. The summed E-state index contributed by atoms with van der Waals surface area (Å²) in [5.41, 5.74) is 1.04. The van der Waals surface area contributed by atoms with Crippen molar-refractivity contribution < 1.29 is 28.8 Å². The second-order valence-corrected chi connectivity index (χ2v) is 3.46. The van der Waals surface area contributed by atoms with Crippen LogP contribution in [0.4, 0.5) is 0 Å². The molecule has 0 aliphatic rings. The van der Waals surface area contributed by atoms with Gasteiger partial charge in [0.15, 0.2) is 5.82 Å². The molecule has 0 radical (unpaired) electrons. The summed E-state index contributed by atoms with van der Waals surface area (Å²) in [6, 6.07) is 9.66. The van der Waals surface area contributed by atoms with Crippen LogP contribution >= 0.6 is 0 Å². The van der Waals surface area contributed by atoms with Crippen LogP contribution in [0.2, 0.25) is 0 Å². The topological polar surface area (TPSA) is 81.7 Å². The molecule has 1 N–H and O–H groups in total.